The number of aromatic nitrogens is 1. The molecule has 132 valence electrons. The summed E-state index contributed by atoms with van der Waals surface area (Å²) in [5.74, 6) is 0.900. The molecule has 3 nitrogen and oxygen atoms in total. The van der Waals surface area contributed by atoms with Crippen molar-refractivity contribution in [2.45, 2.75) is 17.2 Å². The van der Waals surface area contributed by atoms with Crippen molar-refractivity contribution in [3.63, 3.8) is 0 Å². The summed E-state index contributed by atoms with van der Waals surface area (Å²) < 4.78 is 0. The summed E-state index contributed by atoms with van der Waals surface area (Å²) in [6.45, 7) is 0.494. The summed E-state index contributed by atoms with van der Waals surface area (Å²) in [4.78, 5) is 19.5. The third kappa shape index (κ3) is 5.10. The van der Waals surface area contributed by atoms with E-state index >= 15 is 0 Å². The highest BCUT2D eigenvalue weighted by Gasteiger charge is 2.12. The molecule has 1 amide bonds. The molecule has 0 atom stereocenters. The molecule has 3 rings (SSSR count). The van der Waals surface area contributed by atoms with Gasteiger partial charge < -0.3 is 4.90 Å². The van der Waals surface area contributed by atoms with Crippen LogP contribution in [0.1, 0.15) is 21.5 Å². The number of nitrogens with zero attached hydrogens (tertiary/aromatic N) is 2. The fourth-order valence-corrected chi connectivity index (χ4v) is 3.47. The quantitative estimate of drug-likeness (QED) is 0.428. The third-order valence-electron chi connectivity index (χ3n) is 3.90. The second-order valence-electron chi connectivity index (χ2n) is 5.95. The Morgan fingerprint density at radius 2 is 1.73 bits per heavy atom. The number of carbonyl (C=O) groups is 1. The van der Waals surface area contributed by atoms with Gasteiger partial charge in [0.1, 0.15) is 5.15 Å². The van der Waals surface area contributed by atoms with E-state index in [1.165, 1.54) is 5.56 Å². The summed E-state index contributed by atoms with van der Waals surface area (Å²) in [6.07, 6.45) is 1.69. The molecule has 0 spiro atoms. The van der Waals surface area contributed by atoms with Crippen LogP contribution < -0.4 is 0 Å². The van der Waals surface area contributed by atoms with Crippen LogP contribution in [0.25, 0.3) is 0 Å². The summed E-state index contributed by atoms with van der Waals surface area (Å²) in [5.41, 5.74) is 2.91. The lowest BCUT2D eigenvalue weighted by Crippen LogP contribution is -2.26. The van der Waals surface area contributed by atoms with Gasteiger partial charge in [-0.15, -0.1) is 11.8 Å². The van der Waals surface area contributed by atoms with Crippen LogP contribution in [0, 0.1) is 0 Å². The minimum atomic E-state index is -0.0143. The molecule has 2 aromatic carbocycles. The molecule has 5 heteroatoms. The molecule has 0 aliphatic heterocycles. The molecule has 0 fully saturated rings. The van der Waals surface area contributed by atoms with Gasteiger partial charge in [-0.3, -0.25) is 4.79 Å². The smallest absolute Gasteiger partial charge is 0.253 e. The summed E-state index contributed by atoms with van der Waals surface area (Å²) in [6, 6.07) is 21.7. The first-order valence-electron chi connectivity index (χ1n) is 8.24. The second-order valence-corrected chi connectivity index (χ2v) is 7.39. The molecule has 0 saturated heterocycles. The van der Waals surface area contributed by atoms with E-state index in [9.17, 15) is 4.79 Å². The van der Waals surface area contributed by atoms with Gasteiger partial charge in [0.05, 0.1) is 0 Å². The van der Waals surface area contributed by atoms with Crippen molar-refractivity contribution in [2.24, 2.45) is 0 Å². The maximum Gasteiger partial charge on any atom is 0.253 e. The van der Waals surface area contributed by atoms with Crippen LogP contribution in [0.3, 0.4) is 0 Å². The van der Waals surface area contributed by atoms with Crippen LogP contribution in [0.5, 0.6) is 0 Å². The molecule has 26 heavy (non-hydrogen) atoms. The van der Waals surface area contributed by atoms with E-state index < -0.39 is 0 Å². The lowest BCUT2D eigenvalue weighted by molar-refractivity contribution is 0.0785. The van der Waals surface area contributed by atoms with Gasteiger partial charge in [-0.2, -0.15) is 0 Å². The number of benzene rings is 2. The molecule has 1 heterocycles. The first kappa shape index (κ1) is 18.5. The van der Waals surface area contributed by atoms with E-state index in [0.29, 0.717) is 17.3 Å². The Kier molecular flexibility index (Phi) is 6.31. The van der Waals surface area contributed by atoms with E-state index in [-0.39, 0.29) is 5.91 Å². The van der Waals surface area contributed by atoms with Crippen molar-refractivity contribution in [1.82, 2.24) is 9.88 Å². The zero-order valence-electron chi connectivity index (χ0n) is 14.4. The minimum Gasteiger partial charge on any atom is -0.337 e. The van der Waals surface area contributed by atoms with Gasteiger partial charge in [-0.05, 0) is 41.5 Å². The Balaban J connectivity index is 1.58. The van der Waals surface area contributed by atoms with Crippen LogP contribution in [-0.4, -0.2) is 22.8 Å². The largest absolute Gasteiger partial charge is 0.337 e. The zero-order chi connectivity index (χ0) is 18.4. The zero-order valence-corrected chi connectivity index (χ0v) is 16.0. The predicted octanol–water partition coefficient (Wildman–Crippen LogP) is 5.30. The van der Waals surface area contributed by atoms with Crippen molar-refractivity contribution in [2.75, 3.05) is 7.05 Å². The molecular weight excluding hydrogens is 364 g/mol. The standard InChI is InChI=1S/C21H19ClN2OS/c1-24(14-17-7-12-20(22)23-13-17)21(25)18-8-10-19(11-9-18)26-15-16-5-3-2-4-6-16/h2-13H,14-15H2,1H3. The monoisotopic (exact) mass is 382 g/mol. The van der Waals surface area contributed by atoms with Crippen LogP contribution >= 0.6 is 23.4 Å². The number of hydrogen-bond acceptors (Lipinski definition) is 3. The average Bonchev–Trinajstić information content (AvgIpc) is 2.69. The molecule has 3 aromatic rings. The lowest BCUT2D eigenvalue weighted by Gasteiger charge is -2.17. The van der Waals surface area contributed by atoms with E-state index in [4.69, 9.17) is 11.6 Å². The van der Waals surface area contributed by atoms with Gasteiger partial charge in [-0.1, -0.05) is 48.0 Å². The number of amides is 1. The number of hydrogen-bond donors (Lipinski definition) is 0. The van der Waals surface area contributed by atoms with Crippen molar-refractivity contribution in [3.05, 3.63) is 94.8 Å². The summed E-state index contributed by atoms with van der Waals surface area (Å²) in [7, 11) is 1.79. The fourth-order valence-electron chi connectivity index (χ4n) is 2.50. The van der Waals surface area contributed by atoms with Gasteiger partial charge in [-0.25, -0.2) is 4.98 Å². The molecule has 0 N–H and O–H groups in total. The Morgan fingerprint density at radius 3 is 2.38 bits per heavy atom. The number of rotatable bonds is 6. The molecule has 0 saturated carbocycles. The number of halogens is 1. The van der Waals surface area contributed by atoms with Gasteiger partial charge in [0.2, 0.25) is 0 Å². The average molecular weight is 383 g/mol. The maximum absolute atomic E-state index is 12.6. The van der Waals surface area contributed by atoms with Crippen LogP contribution in [-0.2, 0) is 12.3 Å². The minimum absolute atomic E-state index is 0.0143. The molecule has 0 unspecified atom stereocenters. The molecule has 0 bridgehead atoms. The van der Waals surface area contributed by atoms with E-state index in [1.54, 1.807) is 36.0 Å². The van der Waals surface area contributed by atoms with Crippen LogP contribution in [0.4, 0.5) is 0 Å². The van der Waals surface area contributed by atoms with Crippen LogP contribution in [0.15, 0.2) is 77.8 Å². The number of thioether (sulfide) groups is 1. The number of pyridine rings is 1. The highest BCUT2D eigenvalue weighted by atomic mass is 35.5. The molecule has 1 aromatic heterocycles. The van der Waals surface area contributed by atoms with Crippen molar-refractivity contribution in [3.8, 4) is 0 Å². The van der Waals surface area contributed by atoms with E-state index in [1.807, 2.05) is 48.5 Å². The Bertz CT molecular complexity index is 851. The highest BCUT2D eigenvalue weighted by Crippen LogP contribution is 2.23. The Hall–Kier alpha value is -2.30. The normalized spacial score (nSPS) is 10.5. The fraction of sp³-hybridized carbons (Fsp3) is 0.143. The maximum atomic E-state index is 12.6. The van der Waals surface area contributed by atoms with Crippen molar-refractivity contribution in [1.29, 1.82) is 0 Å². The van der Waals surface area contributed by atoms with Gasteiger partial charge >= 0.3 is 0 Å². The molecule has 0 radical (unpaired) electrons. The summed E-state index contributed by atoms with van der Waals surface area (Å²) >= 11 is 7.55. The van der Waals surface area contributed by atoms with Crippen molar-refractivity contribution >= 4 is 29.3 Å². The SMILES string of the molecule is CN(Cc1ccc(Cl)nc1)C(=O)c1ccc(SCc2ccccc2)cc1. The van der Waals surface area contributed by atoms with E-state index in [0.717, 1.165) is 16.2 Å². The van der Waals surface area contributed by atoms with Gasteiger partial charge in [0.15, 0.2) is 0 Å². The Morgan fingerprint density at radius 1 is 1.00 bits per heavy atom. The molecular formula is C21H19ClN2OS. The highest BCUT2D eigenvalue weighted by molar-refractivity contribution is 7.98. The lowest BCUT2D eigenvalue weighted by atomic mass is 10.2. The van der Waals surface area contributed by atoms with Crippen LogP contribution in [0.2, 0.25) is 5.15 Å². The van der Waals surface area contributed by atoms with E-state index in [2.05, 4.69) is 17.1 Å². The number of carbonyl (C=O) groups excluding carboxylic acids is 1. The second kappa shape index (κ2) is 8.88. The first-order valence-corrected chi connectivity index (χ1v) is 9.61. The van der Waals surface area contributed by atoms with Crippen molar-refractivity contribution < 1.29 is 4.79 Å². The third-order valence-corrected chi connectivity index (χ3v) is 5.21. The van der Waals surface area contributed by atoms with Gasteiger partial charge in [0.25, 0.3) is 5.91 Å². The van der Waals surface area contributed by atoms with Gasteiger partial charge in [0, 0.05) is 36.0 Å². The summed E-state index contributed by atoms with van der Waals surface area (Å²) in [5, 5.41) is 0.450. The first-order chi connectivity index (χ1) is 12.6. The molecule has 0 aliphatic carbocycles. The predicted molar refractivity (Wildman–Crippen MR) is 107 cm³/mol. The Labute approximate surface area is 163 Å². The topological polar surface area (TPSA) is 33.2 Å². The molecule has 0 aliphatic rings.